The van der Waals surface area contributed by atoms with E-state index < -0.39 is 10.8 Å². The Kier molecular flexibility index (Phi) is 2.77. The zero-order valence-corrected chi connectivity index (χ0v) is 8.36. The number of rotatable bonds is 3. The van der Waals surface area contributed by atoms with E-state index in [0.717, 1.165) is 6.39 Å². The molecule has 1 aromatic carbocycles. The van der Waals surface area contributed by atoms with Crippen LogP contribution in [0.2, 0.25) is 0 Å². The van der Waals surface area contributed by atoms with Crippen LogP contribution in [0.25, 0.3) is 0 Å². The van der Waals surface area contributed by atoms with Gasteiger partial charge in [-0.05, 0) is 12.1 Å². The molecular weight excluding hydrogens is 228 g/mol. The lowest BCUT2D eigenvalue weighted by molar-refractivity contribution is -0.384. The number of nitro benzene ring substituents is 1. The standard InChI is InChI=1S/C9H6N4O4/c14-8(11-9-12-10-5-17-9)6-1-3-7(4-2-6)13(15)16/h1-5H,(H,11,12,14). The number of hydrogen-bond donors (Lipinski definition) is 1. The third-order valence-electron chi connectivity index (χ3n) is 1.92. The number of nitrogens with zero attached hydrogens (tertiary/aromatic N) is 3. The molecule has 0 aliphatic carbocycles. The molecule has 0 saturated heterocycles. The highest BCUT2D eigenvalue weighted by Gasteiger charge is 2.11. The Morgan fingerprint density at radius 2 is 2.06 bits per heavy atom. The van der Waals surface area contributed by atoms with Crippen molar-refractivity contribution in [2.75, 3.05) is 5.32 Å². The summed E-state index contributed by atoms with van der Waals surface area (Å²) in [6, 6.07) is 5.12. The van der Waals surface area contributed by atoms with Crippen LogP contribution in [-0.4, -0.2) is 21.0 Å². The van der Waals surface area contributed by atoms with Gasteiger partial charge in [0.1, 0.15) is 0 Å². The number of hydrogen-bond acceptors (Lipinski definition) is 6. The Hall–Kier alpha value is -2.77. The van der Waals surface area contributed by atoms with Crippen LogP contribution in [0, 0.1) is 10.1 Å². The molecule has 0 saturated carbocycles. The number of carbonyl (C=O) groups is 1. The van der Waals surface area contributed by atoms with E-state index in [1.54, 1.807) is 0 Å². The van der Waals surface area contributed by atoms with Crippen LogP contribution < -0.4 is 5.32 Å². The van der Waals surface area contributed by atoms with E-state index in [1.807, 2.05) is 0 Å². The third kappa shape index (κ3) is 2.43. The average Bonchev–Trinajstić information content (AvgIpc) is 2.82. The molecule has 0 bridgehead atoms. The summed E-state index contributed by atoms with van der Waals surface area (Å²) in [5.74, 6) is -0.482. The van der Waals surface area contributed by atoms with Crippen molar-refractivity contribution in [2.24, 2.45) is 0 Å². The summed E-state index contributed by atoms with van der Waals surface area (Å²) in [7, 11) is 0. The van der Waals surface area contributed by atoms with Gasteiger partial charge in [-0.25, -0.2) is 0 Å². The summed E-state index contributed by atoms with van der Waals surface area (Å²) in [6.45, 7) is 0. The van der Waals surface area contributed by atoms with Crippen molar-refractivity contribution in [3.63, 3.8) is 0 Å². The lowest BCUT2D eigenvalue weighted by Gasteiger charge is -1.99. The lowest BCUT2D eigenvalue weighted by Crippen LogP contribution is -2.12. The summed E-state index contributed by atoms with van der Waals surface area (Å²) in [5.41, 5.74) is 0.174. The van der Waals surface area contributed by atoms with Crippen LogP contribution in [-0.2, 0) is 0 Å². The number of aromatic nitrogens is 2. The number of nitrogens with one attached hydrogen (secondary N) is 1. The molecule has 1 N–H and O–H groups in total. The molecule has 0 fully saturated rings. The zero-order valence-electron chi connectivity index (χ0n) is 8.36. The quantitative estimate of drug-likeness (QED) is 0.631. The third-order valence-corrected chi connectivity index (χ3v) is 1.92. The molecular formula is C9H6N4O4. The molecule has 2 rings (SSSR count). The van der Waals surface area contributed by atoms with E-state index >= 15 is 0 Å². The molecule has 0 aliphatic heterocycles. The van der Waals surface area contributed by atoms with Gasteiger partial charge in [0.25, 0.3) is 11.6 Å². The minimum absolute atomic E-state index is 0.0339. The molecule has 86 valence electrons. The van der Waals surface area contributed by atoms with Gasteiger partial charge >= 0.3 is 6.01 Å². The minimum atomic E-state index is -0.542. The predicted molar refractivity (Wildman–Crippen MR) is 55.3 cm³/mol. The Morgan fingerprint density at radius 3 is 2.59 bits per heavy atom. The molecule has 2 aromatic rings. The summed E-state index contributed by atoms with van der Waals surface area (Å²) in [5, 5.41) is 19.6. The molecule has 0 aliphatic rings. The summed E-state index contributed by atoms with van der Waals surface area (Å²) in [6.07, 6.45) is 1.07. The first-order valence-electron chi connectivity index (χ1n) is 4.49. The van der Waals surface area contributed by atoms with Crippen molar-refractivity contribution in [1.82, 2.24) is 10.2 Å². The Bertz CT molecular complexity index is 535. The van der Waals surface area contributed by atoms with Crippen LogP contribution in [0.5, 0.6) is 0 Å². The second kappa shape index (κ2) is 4.39. The molecule has 8 heteroatoms. The Morgan fingerprint density at radius 1 is 1.35 bits per heavy atom. The van der Waals surface area contributed by atoms with E-state index in [0.29, 0.717) is 0 Å². The van der Waals surface area contributed by atoms with Gasteiger partial charge in [0.15, 0.2) is 0 Å². The second-order valence-corrected chi connectivity index (χ2v) is 3.00. The molecule has 0 unspecified atom stereocenters. The van der Waals surface area contributed by atoms with E-state index in [9.17, 15) is 14.9 Å². The van der Waals surface area contributed by atoms with Crippen molar-refractivity contribution in [3.8, 4) is 0 Å². The highest BCUT2D eigenvalue weighted by molar-refractivity contribution is 6.03. The predicted octanol–water partition coefficient (Wildman–Crippen LogP) is 1.23. The average molecular weight is 234 g/mol. The van der Waals surface area contributed by atoms with Crippen LogP contribution in [0.3, 0.4) is 0 Å². The maximum Gasteiger partial charge on any atom is 0.322 e. The fourth-order valence-corrected chi connectivity index (χ4v) is 1.13. The van der Waals surface area contributed by atoms with Crippen molar-refractivity contribution < 1.29 is 14.1 Å². The van der Waals surface area contributed by atoms with E-state index in [1.165, 1.54) is 24.3 Å². The molecule has 17 heavy (non-hydrogen) atoms. The summed E-state index contributed by atoms with van der Waals surface area (Å²) >= 11 is 0. The zero-order chi connectivity index (χ0) is 12.3. The molecule has 1 aromatic heterocycles. The minimum Gasteiger partial charge on any atom is -0.411 e. The van der Waals surface area contributed by atoms with Gasteiger partial charge in [0.05, 0.1) is 4.92 Å². The molecule has 0 radical (unpaired) electrons. The van der Waals surface area contributed by atoms with Gasteiger partial charge in [0.2, 0.25) is 6.39 Å². The van der Waals surface area contributed by atoms with Crippen molar-refractivity contribution in [2.45, 2.75) is 0 Å². The normalized spacial score (nSPS) is 9.88. The number of non-ortho nitro benzene ring substituents is 1. The fourth-order valence-electron chi connectivity index (χ4n) is 1.13. The molecule has 8 nitrogen and oxygen atoms in total. The first kappa shape index (κ1) is 10.7. The van der Waals surface area contributed by atoms with E-state index in [4.69, 9.17) is 4.42 Å². The number of nitro groups is 1. The Balaban J connectivity index is 2.12. The van der Waals surface area contributed by atoms with Gasteiger partial charge in [-0.3, -0.25) is 20.2 Å². The molecule has 0 atom stereocenters. The van der Waals surface area contributed by atoms with Crippen molar-refractivity contribution in [1.29, 1.82) is 0 Å². The smallest absolute Gasteiger partial charge is 0.322 e. The summed E-state index contributed by atoms with van der Waals surface area (Å²) in [4.78, 5) is 21.5. The van der Waals surface area contributed by atoms with Gasteiger partial charge < -0.3 is 4.42 Å². The second-order valence-electron chi connectivity index (χ2n) is 3.00. The van der Waals surface area contributed by atoms with Gasteiger partial charge in [-0.1, -0.05) is 5.10 Å². The first-order valence-corrected chi connectivity index (χ1v) is 4.49. The van der Waals surface area contributed by atoms with Crippen molar-refractivity contribution in [3.05, 3.63) is 46.3 Å². The van der Waals surface area contributed by atoms with Gasteiger partial charge in [0, 0.05) is 17.7 Å². The Labute approximate surface area is 94.4 Å². The molecule has 1 heterocycles. The number of benzene rings is 1. The van der Waals surface area contributed by atoms with Crippen LogP contribution >= 0.6 is 0 Å². The first-order chi connectivity index (χ1) is 8.16. The highest BCUT2D eigenvalue weighted by atomic mass is 16.6. The number of carbonyl (C=O) groups excluding carboxylic acids is 1. The molecule has 0 spiro atoms. The maximum atomic E-state index is 11.6. The highest BCUT2D eigenvalue weighted by Crippen LogP contribution is 2.12. The van der Waals surface area contributed by atoms with Crippen LogP contribution in [0.1, 0.15) is 10.4 Å². The topological polar surface area (TPSA) is 111 Å². The van der Waals surface area contributed by atoms with Crippen LogP contribution in [0.15, 0.2) is 35.1 Å². The van der Waals surface area contributed by atoms with E-state index in [-0.39, 0.29) is 17.3 Å². The van der Waals surface area contributed by atoms with Crippen LogP contribution in [0.4, 0.5) is 11.7 Å². The molecule has 1 amide bonds. The number of amides is 1. The lowest BCUT2D eigenvalue weighted by atomic mass is 10.2. The van der Waals surface area contributed by atoms with Gasteiger partial charge in [-0.2, -0.15) is 0 Å². The monoisotopic (exact) mass is 234 g/mol. The maximum absolute atomic E-state index is 11.6. The SMILES string of the molecule is O=C(Nc1nnco1)c1ccc([N+](=O)[O-])cc1. The van der Waals surface area contributed by atoms with Gasteiger partial charge in [-0.15, -0.1) is 5.10 Å². The fraction of sp³-hybridized carbons (Fsp3) is 0. The number of anilines is 1. The van der Waals surface area contributed by atoms with E-state index in [2.05, 4.69) is 15.5 Å². The summed E-state index contributed by atoms with van der Waals surface area (Å²) < 4.78 is 4.73. The largest absolute Gasteiger partial charge is 0.411 e. The van der Waals surface area contributed by atoms with Crippen molar-refractivity contribution >= 4 is 17.6 Å².